The average Bonchev–Trinajstić information content (AvgIpc) is 2.10. The Labute approximate surface area is 66.7 Å². The van der Waals surface area contributed by atoms with Gasteiger partial charge in [0.05, 0.1) is 0 Å². The zero-order valence-electron chi connectivity index (χ0n) is 7.61. The van der Waals surface area contributed by atoms with Gasteiger partial charge in [-0.15, -0.1) is 0 Å². The molecule has 0 amide bonds. The van der Waals surface area contributed by atoms with E-state index in [-0.39, 0.29) is 1.43 Å². The molecule has 0 aromatic rings. The van der Waals surface area contributed by atoms with Crippen molar-refractivity contribution < 1.29 is 1.43 Å². The highest BCUT2D eigenvalue weighted by Crippen LogP contribution is 2.08. The molecule has 1 N–H and O–H groups in total. The van der Waals surface area contributed by atoms with E-state index in [0.29, 0.717) is 0 Å². The maximum Gasteiger partial charge on any atom is 0.00644 e. The van der Waals surface area contributed by atoms with Gasteiger partial charge in [-0.05, 0) is 25.8 Å². The predicted molar refractivity (Wildman–Crippen MR) is 49.4 cm³/mol. The first-order chi connectivity index (χ1) is 4.93. The molecule has 0 radical (unpaired) electrons. The van der Waals surface area contributed by atoms with Crippen molar-refractivity contribution in [2.75, 3.05) is 6.54 Å². The summed E-state index contributed by atoms with van der Waals surface area (Å²) in [5.41, 5.74) is 0. The number of hydrogen-bond acceptors (Lipinski definition) is 1. The van der Waals surface area contributed by atoms with Crippen LogP contribution in [0.15, 0.2) is 0 Å². The van der Waals surface area contributed by atoms with Crippen molar-refractivity contribution in [2.24, 2.45) is 0 Å². The van der Waals surface area contributed by atoms with Crippen LogP contribution in [0.4, 0.5) is 0 Å². The molecule has 0 aromatic carbocycles. The summed E-state index contributed by atoms with van der Waals surface area (Å²) in [6.45, 7) is 7.50. The van der Waals surface area contributed by atoms with Crippen molar-refractivity contribution in [3.63, 3.8) is 0 Å². The summed E-state index contributed by atoms with van der Waals surface area (Å²) in [4.78, 5) is 0. The summed E-state index contributed by atoms with van der Waals surface area (Å²) in [7, 11) is 0. The monoisotopic (exact) mass is 145 g/mol. The highest BCUT2D eigenvalue weighted by Gasteiger charge is 2.08. The fourth-order valence-electron chi connectivity index (χ4n) is 1.27. The first-order valence-corrected chi connectivity index (χ1v) is 4.67. The summed E-state index contributed by atoms with van der Waals surface area (Å²) in [5, 5.41) is 3.47. The Kier molecular flexibility index (Phi) is 7.04. The zero-order valence-corrected chi connectivity index (χ0v) is 7.61. The van der Waals surface area contributed by atoms with Gasteiger partial charge in [-0.3, -0.25) is 0 Å². The molecule has 1 aliphatic rings. The van der Waals surface area contributed by atoms with Gasteiger partial charge in [-0.2, -0.15) is 0 Å². The second kappa shape index (κ2) is 7.07. The van der Waals surface area contributed by atoms with Crippen LogP contribution in [0, 0.1) is 0 Å². The van der Waals surface area contributed by atoms with Gasteiger partial charge in [0.1, 0.15) is 0 Å². The SMILES string of the molecule is CC.CCC1CCCCN1.[HH]. The van der Waals surface area contributed by atoms with Crippen LogP contribution in [0.2, 0.25) is 0 Å². The van der Waals surface area contributed by atoms with E-state index in [2.05, 4.69) is 12.2 Å². The van der Waals surface area contributed by atoms with Crippen molar-refractivity contribution >= 4 is 0 Å². The first-order valence-electron chi connectivity index (χ1n) is 4.67. The second-order valence-electron chi connectivity index (χ2n) is 2.56. The van der Waals surface area contributed by atoms with E-state index in [0.717, 1.165) is 6.04 Å². The lowest BCUT2D eigenvalue weighted by Gasteiger charge is -2.21. The van der Waals surface area contributed by atoms with Crippen LogP contribution >= 0.6 is 0 Å². The fraction of sp³-hybridized carbons (Fsp3) is 1.00. The van der Waals surface area contributed by atoms with E-state index in [4.69, 9.17) is 0 Å². The van der Waals surface area contributed by atoms with Gasteiger partial charge in [0.25, 0.3) is 0 Å². The van der Waals surface area contributed by atoms with Gasteiger partial charge in [-0.25, -0.2) is 0 Å². The van der Waals surface area contributed by atoms with Gasteiger partial charge in [0, 0.05) is 7.47 Å². The molecular formula is C9H23N. The van der Waals surface area contributed by atoms with Crippen molar-refractivity contribution in [1.82, 2.24) is 5.32 Å². The molecule has 1 aliphatic heterocycles. The maximum absolute atomic E-state index is 3.47. The van der Waals surface area contributed by atoms with E-state index in [1.807, 2.05) is 13.8 Å². The predicted octanol–water partition coefficient (Wildman–Crippen LogP) is 2.81. The first kappa shape index (κ1) is 9.96. The van der Waals surface area contributed by atoms with Crippen molar-refractivity contribution in [1.29, 1.82) is 0 Å². The van der Waals surface area contributed by atoms with Crippen LogP contribution in [-0.4, -0.2) is 12.6 Å². The van der Waals surface area contributed by atoms with Crippen LogP contribution in [0.25, 0.3) is 0 Å². The third-order valence-corrected chi connectivity index (χ3v) is 1.91. The molecule has 1 fully saturated rings. The quantitative estimate of drug-likeness (QED) is 0.598. The standard InChI is InChI=1S/C7H15N.C2H6.H2/c1-2-7-5-3-4-6-8-7;1-2;/h7-8H,2-6H2,1H3;1-2H3;1H. The molecule has 0 aliphatic carbocycles. The Morgan fingerprint density at radius 2 is 2.10 bits per heavy atom. The van der Waals surface area contributed by atoms with Crippen LogP contribution < -0.4 is 5.32 Å². The fourth-order valence-corrected chi connectivity index (χ4v) is 1.27. The van der Waals surface area contributed by atoms with Crippen molar-refractivity contribution in [3.8, 4) is 0 Å². The smallest absolute Gasteiger partial charge is 0.00644 e. The minimum absolute atomic E-state index is 0. The molecule has 1 heterocycles. The molecule has 1 saturated heterocycles. The Morgan fingerprint density at radius 3 is 2.40 bits per heavy atom. The molecule has 1 atom stereocenters. The minimum atomic E-state index is 0. The number of nitrogens with one attached hydrogen (secondary N) is 1. The number of rotatable bonds is 1. The number of hydrogen-bond donors (Lipinski definition) is 1. The van der Waals surface area contributed by atoms with Gasteiger partial charge >= 0.3 is 0 Å². The Hall–Kier alpha value is -0.0400. The molecule has 1 unspecified atom stereocenters. The van der Waals surface area contributed by atoms with E-state index in [9.17, 15) is 0 Å². The molecular weight excluding hydrogens is 122 g/mol. The summed E-state index contributed by atoms with van der Waals surface area (Å²) >= 11 is 0. The molecule has 1 heteroatoms. The molecule has 0 saturated carbocycles. The molecule has 64 valence electrons. The maximum atomic E-state index is 3.47. The van der Waals surface area contributed by atoms with Crippen LogP contribution in [0.3, 0.4) is 0 Å². The van der Waals surface area contributed by atoms with E-state index in [1.165, 1.54) is 32.2 Å². The topological polar surface area (TPSA) is 12.0 Å². The van der Waals surface area contributed by atoms with E-state index < -0.39 is 0 Å². The lowest BCUT2D eigenvalue weighted by Crippen LogP contribution is -2.32. The lowest BCUT2D eigenvalue weighted by molar-refractivity contribution is 0.393. The van der Waals surface area contributed by atoms with Crippen molar-refractivity contribution in [2.45, 2.75) is 52.5 Å². The van der Waals surface area contributed by atoms with Crippen LogP contribution in [-0.2, 0) is 0 Å². The molecule has 0 aromatic heterocycles. The molecule has 1 rings (SSSR count). The summed E-state index contributed by atoms with van der Waals surface area (Å²) in [5.74, 6) is 0. The lowest BCUT2D eigenvalue weighted by atomic mass is 10.0. The van der Waals surface area contributed by atoms with Crippen molar-refractivity contribution in [3.05, 3.63) is 0 Å². The third kappa shape index (κ3) is 3.89. The van der Waals surface area contributed by atoms with Gasteiger partial charge in [0.15, 0.2) is 0 Å². The second-order valence-corrected chi connectivity index (χ2v) is 2.56. The largest absolute Gasteiger partial charge is 0.314 e. The van der Waals surface area contributed by atoms with Crippen LogP contribution in [0.1, 0.15) is 47.9 Å². The summed E-state index contributed by atoms with van der Waals surface area (Å²) < 4.78 is 0. The average molecular weight is 145 g/mol. The van der Waals surface area contributed by atoms with Gasteiger partial charge < -0.3 is 5.32 Å². The number of piperidine rings is 1. The zero-order chi connectivity index (χ0) is 7.82. The van der Waals surface area contributed by atoms with E-state index in [1.54, 1.807) is 0 Å². The summed E-state index contributed by atoms with van der Waals surface area (Å²) in [6.07, 6.45) is 5.53. The third-order valence-electron chi connectivity index (χ3n) is 1.91. The highest BCUT2D eigenvalue weighted by atomic mass is 14.9. The van der Waals surface area contributed by atoms with Crippen LogP contribution in [0.5, 0.6) is 0 Å². The highest BCUT2D eigenvalue weighted by molar-refractivity contribution is 4.69. The Morgan fingerprint density at radius 1 is 1.40 bits per heavy atom. The molecule has 0 spiro atoms. The van der Waals surface area contributed by atoms with E-state index >= 15 is 0 Å². The van der Waals surface area contributed by atoms with Gasteiger partial charge in [0.2, 0.25) is 0 Å². The molecule has 1 nitrogen and oxygen atoms in total. The summed E-state index contributed by atoms with van der Waals surface area (Å²) in [6, 6.07) is 0.837. The molecule has 0 bridgehead atoms. The Bertz CT molecular complexity index is 60.6. The van der Waals surface area contributed by atoms with Gasteiger partial charge in [-0.1, -0.05) is 27.2 Å². The minimum Gasteiger partial charge on any atom is -0.314 e. The normalized spacial score (nSPS) is 24.9. The Balaban J connectivity index is 0. The molecule has 10 heavy (non-hydrogen) atoms.